The van der Waals surface area contributed by atoms with Gasteiger partial charge < -0.3 is 14.8 Å². The SMILES string of the molecule is CCNC(C1CCOCC1)C(CC)OCC. The third-order valence-electron chi connectivity index (χ3n) is 3.40. The van der Waals surface area contributed by atoms with E-state index in [2.05, 4.69) is 26.1 Å². The Kier molecular flexibility index (Phi) is 7.01. The summed E-state index contributed by atoms with van der Waals surface area (Å²) in [5.41, 5.74) is 0. The zero-order valence-corrected chi connectivity index (χ0v) is 11.0. The number of likely N-dealkylation sites (N-methyl/N-ethyl adjacent to an activating group) is 1. The third kappa shape index (κ3) is 4.04. The number of rotatable bonds is 7. The zero-order valence-electron chi connectivity index (χ0n) is 11.0. The molecule has 96 valence electrons. The Balaban J connectivity index is 2.54. The molecule has 0 aliphatic carbocycles. The monoisotopic (exact) mass is 229 g/mol. The first kappa shape index (κ1) is 13.9. The van der Waals surface area contributed by atoms with Gasteiger partial charge in [0.05, 0.1) is 6.10 Å². The minimum Gasteiger partial charge on any atom is -0.381 e. The van der Waals surface area contributed by atoms with Crippen LogP contribution in [0, 0.1) is 5.92 Å². The van der Waals surface area contributed by atoms with E-state index in [0.29, 0.717) is 18.1 Å². The van der Waals surface area contributed by atoms with Crippen LogP contribution in [-0.2, 0) is 9.47 Å². The van der Waals surface area contributed by atoms with Gasteiger partial charge in [-0.2, -0.15) is 0 Å². The van der Waals surface area contributed by atoms with Crippen LogP contribution in [0.4, 0.5) is 0 Å². The van der Waals surface area contributed by atoms with E-state index in [-0.39, 0.29) is 0 Å². The van der Waals surface area contributed by atoms with Crippen LogP contribution in [0.15, 0.2) is 0 Å². The van der Waals surface area contributed by atoms with Crippen molar-refractivity contribution in [2.24, 2.45) is 5.92 Å². The quantitative estimate of drug-likeness (QED) is 0.726. The second-order valence-electron chi connectivity index (χ2n) is 4.44. The molecule has 0 bridgehead atoms. The maximum absolute atomic E-state index is 5.86. The fraction of sp³-hybridized carbons (Fsp3) is 1.00. The molecule has 0 radical (unpaired) electrons. The van der Waals surface area contributed by atoms with E-state index in [1.165, 1.54) is 12.8 Å². The molecular formula is C13H27NO2. The van der Waals surface area contributed by atoms with Crippen molar-refractivity contribution in [3.8, 4) is 0 Å². The molecule has 0 aromatic heterocycles. The Morgan fingerprint density at radius 1 is 1.25 bits per heavy atom. The maximum atomic E-state index is 5.86. The summed E-state index contributed by atoms with van der Waals surface area (Å²) < 4.78 is 11.3. The minimum absolute atomic E-state index is 0.355. The first-order valence-corrected chi connectivity index (χ1v) is 6.76. The number of nitrogens with one attached hydrogen (secondary N) is 1. The predicted octanol–water partition coefficient (Wildman–Crippen LogP) is 2.21. The molecule has 2 unspecified atom stereocenters. The van der Waals surface area contributed by atoms with Crippen LogP contribution < -0.4 is 5.32 Å². The van der Waals surface area contributed by atoms with Crippen LogP contribution in [-0.4, -0.2) is 38.5 Å². The Hall–Kier alpha value is -0.120. The zero-order chi connectivity index (χ0) is 11.8. The average molecular weight is 229 g/mol. The lowest BCUT2D eigenvalue weighted by atomic mass is 9.87. The van der Waals surface area contributed by atoms with Gasteiger partial charge in [-0.25, -0.2) is 0 Å². The van der Waals surface area contributed by atoms with Gasteiger partial charge in [0.25, 0.3) is 0 Å². The molecule has 0 spiro atoms. The molecule has 1 heterocycles. The van der Waals surface area contributed by atoms with Crippen LogP contribution in [0.1, 0.15) is 40.0 Å². The molecule has 0 aromatic rings. The summed E-state index contributed by atoms with van der Waals surface area (Å²) in [5, 5.41) is 3.61. The van der Waals surface area contributed by atoms with Gasteiger partial charge in [0.1, 0.15) is 0 Å². The standard InChI is InChI=1S/C13H27NO2/c1-4-12(16-6-3)13(14-5-2)11-7-9-15-10-8-11/h11-14H,4-10H2,1-3H3. The van der Waals surface area contributed by atoms with Crippen molar-refractivity contribution in [1.29, 1.82) is 0 Å². The number of hydrogen-bond donors (Lipinski definition) is 1. The molecule has 3 nitrogen and oxygen atoms in total. The van der Waals surface area contributed by atoms with E-state index in [4.69, 9.17) is 9.47 Å². The van der Waals surface area contributed by atoms with E-state index in [1.807, 2.05) is 0 Å². The van der Waals surface area contributed by atoms with Crippen LogP contribution in [0.5, 0.6) is 0 Å². The van der Waals surface area contributed by atoms with E-state index in [1.54, 1.807) is 0 Å². The first-order valence-electron chi connectivity index (χ1n) is 6.76. The molecule has 2 atom stereocenters. The molecule has 0 saturated carbocycles. The fourth-order valence-corrected chi connectivity index (χ4v) is 2.60. The lowest BCUT2D eigenvalue weighted by Crippen LogP contribution is -2.48. The normalized spacial score (nSPS) is 21.9. The first-order chi connectivity index (χ1) is 7.83. The second-order valence-corrected chi connectivity index (χ2v) is 4.44. The highest BCUT2D eigenvalue weighted by atomic mass is 16.5. The van der Waals surface area contributed by atoms with Gasteiger partial charge in [0, 0.05) is 25.9 Å². The lowest BCUT2D eigenvalue weighted by molar-refractivity contribution is -0.0133. The molecule has 1 fully saturated rings. The van der Waals surface area contributed by atoms with Crippen LogP contribution >= 0.6 is 0 Å². The Bertz CT molecular complexity index is 165. The maximum Gasteiger partial charge on any atom is 0.0728 e. The molecule has 3 heteroatoms. The van der Waals surface area contributed by atoms with Gasteiger partial charge in [-0.3, -0.25) is 0 Å². The number of ether oxygens (including phenoxy) is 2. The number of hydrogen-bond acceptors (Lipinski definition) is 3. The van der Waals surface area contributed by atoms with Crippen molar-refractivity contribution in [1.82, 2.24) is 5.32 Å². The van der Waals surface area contributed by atoms with Crippen LogP contribution in [0.2, 0.25) is 0 Å². The molecule has 1 rings (SSSR count). The van der Waals surface area contributed by atoms with E-state index < -0.39 is 0 Å². The molecule has 0 aromatic carbocycles. The van der Waals surface area contributed by atoms with E-state index in [0.717, 1.165) is 32.8 Å². The summed E-state index contributed by atoms with van der Waals surface area (Å²) in [6.07, 6.45) is 3.78. The summed E-state index contributed by atoms with van der Waals surface area (Å²) in [6.45, 7) is 10.1. The van der Waals surface area contributed by atoms with Crippen molar-refractivity contribution in [3.63, 3.8) is 0 Å². The van der Waals surface area contributed by atoms with Gasteiger partial charge in [0.15, 0.2) is 0 Å². The third-order valence-corrected chi connectivity index (χ3v) is 3.40. The summed E-state index contributed by atoms with van der Waals surface area (Å²) in [4.78, 5) is 0. The van der Waals surface area contributed by atoms with Gasteiger partial charge in [0.2, 0.25) is 0 Å². The van der Waals surface area contributed by atoms with Gasteiger partial charge >= 0.3 is 0 Å². The molecule has 16 heavy (non-hydrogen) atoms. The minimum atomic E-state index is 0.355. The van der Waals surface area contributed by atoms with Crippen molar-refractivity contribution in [2.75, 3.05) is 26.4 Å². The molecule has 1 aliphatic rings. The second kappa shape index (κ2) is 8.04. The summed E-state index contributed by atoms with van der Waals surface area (Å²) in [5.74, 6) is 0.713. The topological polar surface area (TPSA) is 30.5 Å². The highest BCUT2D eigenvalue weighted by Gasteiger charge is 2.29. The molecule has 1 saturated heterocycles. The largest absolute Gasteiger partial charge is 0.381 e. The van der Waals surface area contributed by atoms with Crippen LogP contribution in [0.3, 0.4) is 0 Å². The van der Waals surface area contributed by atoms with Crippen molar-refractivity contribution in [3.05, 3.63) is 0 Å². The van der Waals surface area contributed by atoms with E-state index in [9.17, 15) is 0 Å². The van der Waals surface area contributed by atoms with Crippen molar-refractivity contribution < 1.29 is 9.47 Å². The van der Waals surface area contributed by atoms with Crippen molar-refractivity contribution in [2.45, 2.75) is 52.2 Å². The van der Waals surface area contributed by atoms with Gasteiger partial charge in [-0.1, -0.05) is 13.8 Å². The smallest absolute Gasteiger partial charge is 0.0728 e. The highest BCUT2D eigenvalue weighted by Crippen LogP contribution is 2.23. The van der Waals surface area contributed by atoms with Gasteiger partial charge in [-0.15, -0.1) is 0 Å². The van der Waals surface area contributed by atoms with Crippen molar-refractivity contribution >= 4 is 0 Å². The lowest BCUT2D eigenvalue weighted by Gasteiger charge is -2.35. The molecule has 1 aliphatic heterocycles. The Labute approximate surface area is 99.9 Å². The molecule has 1 N–H and O–H groups in total. The van der Waals surface area contributed by atoms with Gasteiger partial charge in [-0.05, 0) is 38.6 Å². The van der Waals surface area contributed by atoms with E-state index >= 15 is 0 Å². The summed E-state index contributed by atoms with van der Waals surface area (Å²) in [6, 6.07) is 0.499. The summed E-state index contributed by atoms with van der Waals surface area (Å²) in [7, 11) is 0. The predicted molar refractivity (Wildman–Crippen MR) is 66.7 cm³/mol. The average Bonchev–Trinajstić information content (AvgIpc) is 2.35. The Morgan fingerprint density at radius 3 is 2.44 bits per heavy atom. The van der Waals surface area contributed by atoms with Crippen LogP contribution in [0.25, 0.3) is 0 Å². The summed E-state index contributed by atoms with van der Waals surface area (Å²) >= 11 is 0. The highest BCUT2D eigenvalue weighted by molar-refractivity contribution is 4.84. The molecular weight excluding hydrogens is 202 g/mol. The Morgan fingerprint density at radius 2 is 1.94 bits per heavy atom. The fourth-order valence-electron chi connectivity index (χ4n) is 2.60. The molecule has 0 amide bonds.